The van der Waals surface area contributed by atoms with Gasteiger partial charge in [0.05, 0.1) is 25.4 Å². The maximum atomic E-state index is 11.5. The fraction of sp³-hybridized carbons (Fsp3) is 0.500. The number of methoxy groups -OCH3 is 2. The third-order valence-electron chi connectivity index (χ3n) is 2.28. The molecule has 0 aliphatic heterocycles. The van der Waals surface area contributed by atoms with E-state index in [0.29, 0.717) is 6.42 Å². The van der Waals surface area contributed by atoms with Gasteiger partial charge in [0, 0.05) is 6.08 Å². The van der Waals surface area contributed by atoms with Crippen LogP contribution in [0.25, 0.3) is 0 Å². The number of rotatable bonds is 6. The zero-order valence-corrected chi connectivity index (χ0v) is 10.4. The number of hydrogen-bond donors (Lipinski definition) is 1. The predicted octanol–water partition coefficient (Wildman–Crippen LogP) is 0.976. The highest BCUT2D eigenvalue weighted by atomic mass is 16.5. The number of carbonyl (C=O) groups excluding carboxylic acids is 2. The molecule has 0 saturated carbocycles. The van der Waals surface area contributed by atoms with Crippen LogP contribution in [-0.4, -0.2) is 36.9 Å². The summed E-state index contributed by atoms with van der Waals surface area (Å²) in [6, 6.07) is 0. The van der Waals surface area contributed by atoms with E-state index in [1.54, 1.807) is 6.08 Å². The van der Waals surface area contributed by atoms with Crippen molar-refractivity contribution in [1.82, 2.24) is 0 Å². The van der Waals surface area contributed by atoms with Gasteiger partial charge in [-0.3, -0.25) is 0 Å². The molecule has 5 heteroatoms. The van der Waals surface area contributed by atoms with Gasteiger partial charge in [0.15, 0.2) is 0 Å². The average Bonchev–Trinajstić information content (AvgIpc) is 2.31. The molecule has 0 radical (unpaired) electrons. The zero-order chi connectivity index (χ0) is 13.5. The molecule has 0 aliphatic rings. The Morgan fingerprint density at radius 1 is 1.35 bits per heavy atom. The molecule has 0 fully saturated rings. The van der Waals surface area contributed by atoms with E-state index in [4.69, 9.17) is 0 Å². The van der Waals surface area contributed by atoms with E-state index in [9.17, 15) is 14.7 Å². The normalized spacial score (nSPS) is 14.7. The van der Waals surface area contributed by atoms with Crippen LogP contribution in [0, 0.1) is 0 Å². The second-order valence-corrected chi connectivity index (χ2v) is 3.67. The standard InChI is InChI=1S/C12H18O5/c1-5-6-7-12(2,15)9(11(14)17-4)8-10(13)16-3/h5,8,15H,1,6-7H2,2-4H3/b9-8+. The van der Waals surface area contributed by atoms with Crippen molar-refractivity contribution in [2.45, 2.75) is 25.4 Å². The largest absolute Gasteiger partial charge is 0.466 e. The molecular formula is C12H18O5. The van der Waals surface area contributed by atoms with Gasteiger partial charge in [-0.1, -0.05) is 6.08 Å². The van der Waals surface area contributed by atoms with Crippen molar-refractivity contribution in [2.75, 3.05) is 14.2 Å². The molecule has 0 amide bonds. The van der Waals surface area contributed by atoms with Crippen LogP contribution >= 0.6 is 0 Å². The fourth-order valence-electron chi connectivity index (χ4n) is 1.24. The van der Waals surface area contributed by atoms with Crippen LogP contribution in [0.15, 0.2) is 24.3 Å². The summed E-state index contributed by atoms with van der Waals surface area (Å²) in [7, 11) is 2.36. The summed E-state index contributed by atoms with van der Waals surface area (Å²) in [4.78, 5) is 22.6. The molecule has 0 heterocycles. The molecule has 5 nitrogen and oxygen atoms in total. The van der Waals surface area contributed by atoms with Crippen molar-refractivity contribution >= 4 is 11.9 Å². The van der Waals surface area contributed by atoms with Gasteiger partial charge in [0.1, 0.15) is 0 Å². The van der Waals surface area contributed by atoms with E-state index in [0.717, 1.165) is 6.08 Å². The Hall–Kier alpha value is -1.62. The van der Waals surface area contributed by atoms with E-state index in [-0.39, 0.29) is 12.0 Å². The first kappa shape index (κ1) is 15.4. The molecule has 0 aromatic carbocycles. The van der Waals surface area contributed by atoms with Crippen molar-refractivity contribution in [3.63, 3.8) is 0 Å². The Balaban J connectivity index is 5.16. The topological polar surface area (TPSA) is 72.8 Å². The van der Waals surface area contributed by atoms with E-state index in [1.807, 2.05) is 0 Å². The Kier molecular flexibility index (Phi) is 6.20. The van der Waals surface area contributed by atoms with Gasteiger partial charge in [-0.15, -0.1) is 6.58 Å². The van der Waals surface area contributed by atoms with Crippen LogP contribution in [0.1, 0.15) is 19.8 Å². The van der Waals surface area contributed by atoms with E-state index in [1.165, 1.54) is 21.1 Å². The molecule has 0 aliphatic carbocycles. The molecule has 0 bridgehead atoms. The van der Waals surface area contributed by atoms with Crippen LogP contribution in [0.3, 0.4) is 0 Å². The SMILES string of the molecule is C=CCCC(C)(O)/C(=C/C(=O)OC)C(=O)OC. The molecule has 0 aromatic rings. The lowest BCUT2D eigenvalue weighted by Crippen LogP contribution is -2.32. The molecule has 96 valence electrons. The third-order valence-corrected chi connectivity index (χ3v) is 2.28. The summed E-state index contributed by atoms with van der Waals surface area (Å²) in [6.07, 6.45) is 3.31. The van der Waals surface area contributed by atoms with E-state index in [2.05, 4.69) is 16.1 Å². The monoisotopic (exact) mass is 242 g/mol. The lowest BCUT2D eigenvalue weighted by molar-refractivity contribution is -0.140. The van der Waals surface area contributed by atoms with E-state index >= 15 is 0 Å². The average molecular weight is 242 g/mol. The molecular weight excluding hydrogens is 224 g/mol. The fourth-order valence-corrected chi connectivity index (χ4v) is 1.24. The Morgan fingerprint density at radius 2 is 1.94 bits per heavy atom. The quantitative estimate of drug-likeness (QED) is 0.427. The minimum absolute atomic E-state index is 0.131. The zero-order valence-electron chi connectivity index (χ0n) is 10.4. The summed E-state index contributed by atoms with van der Waals surface area (Å²) in [5.41, 5.74) is -1.59. The van der Waals surface area contributed by atoms with Gasteiger partial charge in [-0.25, -0.2) is 9.59 Å². The Bertz CT molecular complexity index is 328. The second kappa shape index (κ2) is 6.85. The highest BCUT2D eigenvalue weighted by Gasteiger charge is 2.32. The van der Waals surface area contributed by atoms with Crippen LogP contribution in [0.4, 0.5) is 0 Å². The second-order valence-electron chi connectivity index (χ2n) is 3.67. The number of ether oxygens (including phenoxy) is 2. The lowest BCUT2D eigenvalue weighted by Gasteiger charge is -2.24. The molecule has 1 unspecified atom stereocenters. The van der Waals surface area contributed by atoms with Gasteiger partial charge in [0.25, 0.3) is 0 Å². The van der Waals surface area contributed by atoms with Gasteiger partial charge in [-0.05, 0) is 19.8 Å². The maximum Gasteiger partial charge on any atom is 0.336 e. The summed E-state index contributed by atoms with van der Waals surface area (Å²) >= 11 is 0. The summed E-state index contributed by atoms with van der Waals surface area (Å²) in [5.74, 6) is -1.48. The first-order chi connectivity index (χ1) is 7.88. The first-order valence-corrected chi connectivity index (χ1v) is 5.10. The maximum absolute atomic E-state index is 11.5. The predicted molar refractivity (Wildman–Crippen MR) is 62.2 cm³/mol. The minimum atomic E-state index is -1.46. The number of hydrogen-bond acceptors (Lipinski definition) is 5. The molecule has 1 atom stereocenters. The smallest absolute Gasteiger partial charge is 0.336 e. The highest BCUT2D eigenvalue weighted by Crippen LogP contribution is 2.23. The molecule has 0 rings (SSSR count). The Morgan fingerprint density at radius 3 is 2.35 bits per heavy atom. The van der Waals surface area contributed by atoms with Crippen molar-refractivity contribution in [3.05, 3.63) is 24.3 Å². The number of aliphatic hydroxyl groups is 1. The molecule has 0 saturated heterocycles. The van der Waals surface area contributed by atoms with Crippen molar-refractivity contribution < 1.29 is 24.2 Å². The van der Waals surface area contributed by atoms with Crippen molar-refractivity contribution in [3.8, 4) is 0 Å². The number of allylic oxidation sites excluding steroid dienone is 1. The van der Waals surface area contributed by atoms with E-state index < -0.39 is 17.5 Å². The number of carbonyl (C=O) groups is 2. The van der Waals surface area contributed by atoms with Crippen LogP contribution < -0.4 is 0 Å². The first-order valence-electron chi connectivity index (χ1n) is 5.10. The van der Waals surface area contributed by atoms with Crippen LogP contribution in [-0.2, 0) is 19.1 Å². The van der Waals surface area contributed by atoms with Gasteiger partial charge in [0.2, 0.25) is 0 Å². The van der Waals surface area contributed by atoms with Crippen molar-refractivity contribution in [1.29, 1.82) is 0 Å². The number of esters is 2. The summed E-state index contributed by atoms with van der Waals surface area (Å²) in [6.45, 7) is 4.96. The van der Waals surface area contributed by atoms with Gasteiger partial charge in [-0.2, -0.15) is 0 Å². The third kappa shape index (κ3) is 4.82. The van der Waals surface area contributed by atoms with Gasteiger partial charge >= 0.3 is 11.9 Å². The lowest BCUT2D eigenvalue weighted by atomic mass is 9.90. The highest BCUT2D eigenvalue weighted by molar-refractivity contribution is 5.97. The van der Waals surface area contributed by atoms with Crippen molar-refractivity contribution in [2.24, 2.45) is 0 Å². The molecule has 17 heavy (non-hydrogen) atoms. The summed E-state index contributed by atoms with van der Waals surface area (Å²) < 4.78 is 8.94. The molecule has 1 N–H and O–H groups in total. The van der Waals surface area contributed by atoms with Crippen LogP contribution in [0.5, 0.6) is 0 Å². The molecule has 0 spiro atoms. The molecule has 0 aromatic heterocycles. The van der Waals surface area contributed by atoms with Gasteiger partial charge < -0.3 is 14.6 Å². The minimum Gasteiger partial charge on any atom is -0.466 e. The summed E-state index contributed by atoms with van der Waals surface area (Å²) in [5, 5.41) is 10.1. The van der Waals surface area contributed by atoms with Crippen LogP contribution in [0.2, 0.25) is 0 Å². The Labute approximate surface area is 101 Å².